The molecule has 1 saturated heterocycles. The lowest BCUT2D eigenvalue weighted by atomic mass is 10.1. The van der Waals surface area contributed by atoms with Crippen LogP contribution in [0.3, 0.4) is 0 Å². The van der Waals surface area contributed by atoms with E-state index in [1.807, 2.05) is 32.9 Å². The molecule has 1 fully saturated rings. The first-order valence-corrected chi connectivity index (χ1v) is 8.79. The van der Waals surface area contributed by atoms with Gasteiger partial charge in [0, 0.05) is 18.8 Å². The molecule has 1 atom stereocenters. The van der Waals surface area contributed by atoms with Crippen molar-refractivity contribution >= 4 is 17.5 Å². The third-order valence-electron chi connectivity index (χ3n) is 4.32. The topological polar surface area (TPSA) is 70.7 Å². The summed E-state index contributed by atoms with van der Waals surface area (Å²) >= 11 is 0. The van der Waals surface area contributed by atoms with Crippen molar-refractivity contribution in [1.29, 1.82) is 0 Å². The third kappa shape index (κ3) is 6.14. The van der Waals surface area contributed by atoms with Crippen LogP contribution in [0.4, 0.5) is 5.69 Å². The molecule has 2 rings (SSSR count). The van der Waals surface area contributed by atoms with Gasteiger partial charge in [-0.05, 0) is 51.8 Å². The quantitative estimate of drug-likeness (QED) is 0.789. The van der Waals surface area contributed by atoms with Gasteiger partial charge in [0.2, 0.25) is 11.8 Å². The molecule has 0 spiro atoms. The second kappa shape index (κ2) is 8.97. The number of ether oxygens (including phenoxy) is 1. The van der Waals surface area contributed by atoms with Gasteiger partial charge in [-0.15, -0.1) is 0 Å². The van der Waals surface area contributed by atoms with Crippen molar-refractivity contribution in [3.8, 4) is 0 Å². The zero-order chi connectivity index (χ0) is 18.4. The number of rotatable bonds is 7. The number of benzene rings is 1. The first-order chi connectivity index (χ1) is 11.8. The number of carbonyl (C=O) groups is 2. The molecule has 6 nitrogen and oxygen atoms in total. The minimum Gasteiger partial charge on any atom is -0.376 e. The van der Waals surface area contributed by atoms with Crippen molar-refractivity contribution in [3.63, 3.8) is 0 Å². The maximum Gasteiger partial charge on any atom is 0.238 e. The lowest BCUT2D eigenvalue weighted by molar-refractivity contribution is -0.123. The number of carbonyl (C=O) groups excluding carboxylic acids is 2. The minimum atomic E-state index is -0.121. The van der Waals surface area contributed by atoms with E-state index in [-0.39, 0.29) is 31.0 Å². The Kier molecular flexibility index (Phi) is 6.96. The number of anilines is 1. The Bertz CT molecular complexity index is 601. The summed E-state index contributed by atoms with van der Waals surface area (Å²) in [6.07, 6.45) is 2.18. The maximum absolute atomic E-state index is 12.3. The predicted octanol–water partition coefficient (Wildman–Crippen LogP) is 1.78. The molecule has 1 aromatic rings. The van der Waals surface area contributed by atoms with Crippen LogP contribution < -0.4 is 10.6 Å². The fourth-order valence-corrected chi connectivity index (χ4v) is 3.19. The molecular weight excluding hydrogens is 318 g/mol. The van der Waals surface area contributed by atoms with E-state index in [9.17, 15) is 9.59 Å². The summed E-state index contributed by atoms with van der Waals surface area (Å²) in [6.45, 7) is 7.68. The summed E-state index contributed by atoms with van der Waals surface area (Å²) in [4.78, 5) is 25.9. The molecule has 25 heavy (non-hydrogen) atoms. The molecule has 1 aromatic carbocycles. The van der Waals surface area contributed by atoms with Crippen LogP contribution in [0.1, 0.15) is 29.5 Å². The fourth-order valence-electron chi connectivity index (χ4n) is 3.19. The first kappa shape index (κ1) is 19.4. The Morgan fingerprint density at radius 3 is 2.40 bits per heavy atom. The largest absolute Gasteiger partial charge is 0.376 e. The molecule has 0 unspecified atom stereocenters. The maximum atomic E-state index is 12.3. The zero-order valence-electron chi connectivity index (χ0n) is 15.6. The van der Waals surface area contributed by atoms with Gasteiger partial charge in [0.05, 0.1) is 19.2 Å². The molecule has 2 N–H and O–H groups in total. The molecular formula is C19H29N3O3. The summed E-state index contributed by atoms with van der Waals surface area (Å²) in [5.74, 6) is -0.210. The van der Waals surface area contributed by atoms with E-state index in [4.69, 9.17) is 4.74 Å². The Morgan fingerprint density at radius 2 is 1.80 bits per heavy atom. The Morgan fingerprint density at radius 1 is 1.16 bits per heavy atom. The van der Waals surface area contributed by atoms with Crippen molar-refractivity contribution in [2.45, 2.75) is 39.7 Å². The van der Waals surface area contributed by atoms with E-state index in [0.717, 1.165) is 36.3 Å². The number of aryl methyl sites for hydroxylation is 3. The normalized spacial score (nSPS) is 16.9. The van der Waals surface area contributed by atoms with Gasteiger partial charge in [-0.3, -0.25) is 14.5 Å². The van der Waals surface area contributed by atoms with Crippen molar-refractivity contribution in [1.82, 2.24) is 10.2 Å². The van der Waals surface area contributed by atoms with E-state index in [1.165, 1.54) is 5.56 Å². The van der Waals surface area contributed by atoms with E-state index in [1.54, 1.807) is 11.9 Å². The first-order valence-electron chi connectivity index (χ1n) is 8.79. The van der Waals surface area contributed by atoms with Crippen LogP contribution in [0, 0.1) is 20.8 Å². The zero-order valence-corrected chi connectivity index (χ0v) is 15.6. The molecule has 0 aliphatic carbocycles. The van der Waals surface area contributed by atoms with Crippen LogP contribution >= 0.6 is 0 Å². The summed E-state index contributed by atoms with van der Waals surface area (Å²) in [6, 6.07) is 4.09. The van der Waals surface area contributed by atoms with Gasteiger partial charge in [-0.2, -0.15) is 0 Å². The Hall–Kier alpha value is -1.92. The average Bonchev–Trinajstić information content (AvgIpc) is 3.02. The summed E-state index contributed by atoms with van der Waals surface area (Å²) in [5, 5.41) is 5.82. The van der Waals surface area contributed by atoms with Gasteiger partial charge in [0.1, 0.15) is 0 Å². The van der Waals surface area contributed by atoms with Crippen molar-refractivity contribution in [3.05, 3.63) is 28.8 Å². The van der Waals surface area contributed by atoms with Crippen LogP contribution in [0.2, 0.25) is 0 Å². The van der Waals surface area contributed by atoms with E-state index < -0.39 is 0 Å². The average molecular weight is 347 g/mol. The third-order valence-corrected chi connectivity index (χ3v) is 4.32. The van der Waals surface area contributed by atoms with Crippen molar-refractivity contribution < 1.29 is 14.3 Å². The van der Waals surface area contributed by atoms with Gasteiger partial charge in [0.25, 0.3) is 0 Å². The van der Waals surface area contributed by atoms with E-state index in [2.05, 4.69) is 10.6 Å². The van der Waals surface area contributed by atoms with E-state index in [0.29, 0.717) is 6.54 Å². The Balaban J connectivity index is 1.76. The Labute approximate surface area is 149 Å². The lowest BCUT2D eigenvalue weighted by Crippen LogP contribution is -2.41. The molecule has 1 heterocycles. The molecule has 0 saturated carbocycles. The number of hydrogen-bond donors (Lipinski definition) is 2. The molecule has 0 bridgehead atoms. The monoisotopic (exact) mass is 347 g/mol. The lowest BCUT2D eigenvalue weighted by Gasteiger charge is -2.18. The highest BCUT2D eigenvalue weighted by molar-refractivity contribution is 5.94. The summed E-state index contributed by atoms with van der Waals surface area (Å²) < 4.78 is 5.48. The highest BCUT2D eigenvalue weighted by Crippen LogP contribution is 2.21. The molecule has 0 radical (unpaired) electrons. The van der Waals surface area contributed by atoms with Crippen LogP contribution in [-0.2, 0) is 14.3 Å². The standard InChI is InChI=1S/C19H29N3O3/c1-13-8-14(2)19(15(3)9-13)21-18(24)12-22(4)11-17(23)20-10-16-6-5-7-25-16/h8-9,16H,5-7,10-12H2,1-4H3,(H,20,23)(H,21,24)/t16-/m0/s1. The SMILES string of the molecule is Cc1cc(C)c(NC(=O)CN(C)CC(=O)NC[C@@H]2CCCO2)c(C)c1. The molecule has 138 valence electrons. The van der Waals surface area contributed by atoms with E-state index >= 15 is 0 Å². The number of likely N-dealkylation sites (N-methyl/N-ethyl adjacent to an activating group) is 1. The number of hydrogen-bond acceptors (Lipinski definition) is 4. The molecule has 6 heteroatoms. The van der Waals surface area contributed by atoms with Crippen molar-refractivity contribution in [2.24, 2.45) is 0 Å². The number of nitrogens with one attached hydrogen (secondary N) is 2. The number of amides is 2. The highest BCUT2D eigenvalue weighted by atomic mass is 16.5. The highest BCUT2D eigenvalue weighted by Gasteiger charge is 2.17. The van der Waals surface area contributed by atoms with Crippen LogP contribution in [0.25, 0.3) is 0 Å². The van der Waals surface area contributed by atoms with Crippen LogP contribution in [0.15, 0.2) is 12.1 Å². The molecule has 2 amide bonds. The summed E-state index contributed by atoms with van der Waals surface area (Å²) in [7, 11) is 1.76. The van der Waals surface area contributed by atoms with Gasteiger partial charge in [0.15, 0.2) is 0 Å². The molecule has 1 aliphatic heterocycles. The van der Waals surface area contributed by atoms with Crippen LogP contribution in [0.5, 0.6) is 0 Å². The second-order valence-electron chi connectivity index (χ2n) is 6.93. The predicted molar refractivity (Wildman–Crippen MR) is 98.8 cm³/mol. The molecule has 0 aromatic heterocycles. The molecule has 1 aliphatic rings. The van der Waals surface area contributed by atoms with Gasteiger partial charge in [-0.1, -0.05) is 17.7 Å². The fraction of sp³-hybridized carbons (Fsp3) is 0.579. The van der Waals surface area contributed by atoms with Gasteiger partial charge < -0.3 is 15.4 Å². The van der Waals surface area contributed by atoms with Gasteiger partial charge in [-0.25, -0.2) is 0 Å². The minimum absolute atomic E-state index is 0.0894. The summed E-state index contributed by atoms with van der Waals surface area (Å²) in [5.41, 5.74) is 4.12. The number of nitrogens with zero attached hydrogens (tertiary/aromatic N) is 1. The smallest absolute Gasteiger partial charge is 0.238 e. The second-order valence-corrected chi connectivity index (χ2v) is 6.93. The van der Waals surface area contributed by atoms with Gasteiger partial charge >= 0.3 is 0 Å². The van der Waals surface area contributed by atoms with Crippen molar-refractivity contribution in [2.75, 3.05) is 38.6 Å². The van der Waals surface area contributed by atoms with Crippen LogP contribution in [-0.4, -0.2) is 56.1 Å².